The Bertz CT molecular complexity index is 933. The van der Waals surface area contributed by atoms with Gasteiger partial charge in [0, 0.05) is 51.3 Å². The van der Waals surface area contributed by atoms with E-state index in [2.05, 4.69) is 27.1 Å². The van der Waals surface area contributed by atoms with Gasteiger partial charge in [0.25, 0.3) is 0 Å². The van der Waals surface area contributed by atoms with Crippen molar-refractivity contribution in [3.05, 3.63) is 72.3 Å². The lowest BCUT2D eigenvalue weighted by Crippen LogP contribution is -2.49. The van der Waals surface area contributed by atoms with Crippen LogP contribution in [0, 0.1) is 6.92 Å². The molecule has 1 aliphatic rings. The number of ether oxygens (including phenoxy) is 1. The van der Waals surface area contributed by atoms with Crippen molar-refractivity contribution >= 4 is 6.03 Å². The predicted molar refractivity (Wildman–Crippen MR) is 105 cm³/mol. The van der Waals surface area contributed by atoms with Crippen molar-refractivity contribution in [2.45, 2.75) is 13.5 Å². The van der Waals surface area contributed by atoms with E-state index >= 15 is 0 Å². The molecule has 0 atom stereocenters. The monoisotopic (exact) mass is 377 g/mol. The number of hydrogen-bond donors (Lipinski definition) is 0. The molecule has 144 valence electrons. The van der Waals surface area contributed by atoms with Crippen LogP contribution in [0.4, 0.5) is 4.79 Å². The van der Waals surface area contributed by atoms with Crippen LogP contribution in [0.1, 0.15) is 11.3 Å². The first-order valence-electron chi connectivity index (χ1n) is 9.38. The molecule has 2 aromatic heterocycles. The molecule has 1 aromatic carbocycles. The van der Waals surface area contributed by atoms with Gasteiger partial charge in [-0.3, -0.25) is 9.88 Å². The number of hydrogen-bond acceptors (Lipinski definition) is 5. The molecule has 7 heteroatoms. The number of benzene rings is 1. The summed E-state index contributed by atoms with van der Waals surface area (Å²) in [7, 11) is 0. The standard InChI is InChI=1S/C21H23N5O2/c1-17-7-10-26(23-17)21(27)25-13-11-24(12-14-25)16-18-3-2-4-20(15-18)28-19-5-8-22-9-6-19/h2-10,15H,11-14,16H2,1H3. The summed E-state index contributed by atoms with van der Waals surface area (Å²) in [6.45, 7) is 5.78. The zero-order valence-corrected chi connectivity index (χ0v) is 15.9. The van der Waals surface area contributed by atoms with Crippen LogP contribution in [0.25, 0.3) is 0 Å². The minimum atomic E-state index is -0.0551. The summed E-state index contributed by atoms with van der Waals surface area (Å²) < 4.78 is 7.31. The number of aryl methyl sites for hydroxylation is 1. The molecule has 7 nitrogen and oxygen atoms in total. The second-order valence-electron chi connectivity index (χ2n) is 6.88. The van der Waals surface area contributed by atoms with Crippen LogP contribution in [-0.4, -0.2) is 56.8 Å². The molecule has 28 heavy (non-hydrogen) atoms. The van der Waals surface area contributed by atoms with Crippen LogP contribution in [-0.2, 0) is 6.54 Å². The van der Waals surface area contributed by atoms with Crippen molar-refractivity contribution < 1.29 is 9.53 Å². The predicted octanol–water partition coefficient (Wildman–Crippen LogP) is 3.16. The highest BCUT2D eigenvalue weighted by molar-refractivity contribution is 5.76. The molecule has 0 aliphatic carbocycles. The van der Waals surface area contributed by atoms with E-state index < -0.39 is 0 Å². The molecule has 3 heterocycles. The van der Waals surface area contributed by atoms with Crippen LogP contribution in [0.2, 0.25) is 0 Å². The molecule has 1 aliphatic heterocycles. The third-order valence-corrected chi connectivity index (χ3v) is 4.75. The average Bonchev–Trinajstić information content (AvgIpc) is 3.15. The van der Waals surface area contributed by atoms with E-state index in [-0.39, 0.29) is 6.03 Å². The van der Waals surface area contributed by atoms with Crippen molar-refractivity contribution in [3.8, 4) is 11.5 Å². The smallest absolute Gasteiger partial charge is 0.344 e. The summed E-state index contributed by atoms with van der Waals surface area (Å²) in [6.07, 6.45) is 5.15. The SMILES string of the molecule is Cc1ccn(C(=O)N2CCN(Cc3cccc(Oc4ccncc4)c3)CC2)n1. The Balaban J connectivity index is 1.32. The number of nitrogens with zero attached hydrogens (tertiary/aromatic N) is 5. The van der Waals surface area contributed by atoms with Gasteiger partial charge < -0.3 is 9.64 Å². The van der Waals surface area contributed by atoms with Gasteiger partial charge in [-0.15, -0.1) is 0 Å². The summed E-state index contributed by atoms with van der Waals surface area (Å²) in [5, 5.41) is 4.21. The van der Waals surface area contributed by atoms with Crippen molar-refractivity contribution in [2.24, 2.45) is 0 Å². The van der Waals surface area contributed by atoms with E-state index in [1.807, 2.05) is 42.2 Å². The molecular formula is C21H23N5O2. The van der Waals surface area contributed by atoms with Crippen LogP contribution < -0.4 is 4.74 Å². The summed E-state index contributed by atoms with van der Waals surface area (Å²) in [5.74, 6) is 1.58. The third kappa shape index (κ3) is 4.37. The second-order valence-corrected chi connectivity index (χ2v) is 6.88. The Morgan fingerprint density at radius 2 is 1.82 bits per heavy atom. The molecule has 4 rings (SSSR count). The fraction of sp³-hybridized carbons (Fsp3) is 0.286. The number of carbonyl (C=O) groups excluding carboxylic acids is 1. The molecule has 0 saturated carbocycles. The summed E-state index contributed by atoms with van der Waals surface area (Å²) >= 11 is 0. The lowest BCUT2D eigenvalue weighted by atomic mass is 10.2. The molecule has 0 N–H and O–H groups in total. The maximum Gasteiger partial charge on any atom is 0.344 e. The average molecular weight is 377 g/mol. The molecule has 3 aromatic rings. The van der Waals surface area contributed by atoms with E-state index in [0.29, 0.717) is 13.1 Å². The van der Waals surface area contributed by atoms with Gasteiger partial charge in [0.05, 0.1) is 5.69 Å². The maximum absolute atomic E-state index is 12.5. The minimum Gasteiger partial charge on any atom is -0.457 e. The van der Waals surface area contributed by atoms with Crippen molar-refractivity contribution in [1.82, 2.24) is 24.6 Å². The molecule has 0 spiro atoms. The zero-order chi connectivity index (χ0) is 19.3. The lowest BCUT2D eigenvalue weighted by molar-refractivity contribution is 0.134. The fourth-order valence-corrected chi connectivity index (χ4v) is 3.27. The Hall–Kier alpha value is -3.19. The summed E-state index contributed by atoms with van der Waals surface area (Å²) in [4.78, 5) is 20.7. The van der Waals surface area contributed by atoms with Crippen LogP contribution in [0.5, 0.6) is 11.5 Å². The van der Waals surface area contributed by atoms with Gasteiger partial charge in [-0.05, 0) is 42.8 Å². The van der Waals surface area contributed by atoms with Crippen LogP contribution >= 0.6 is 0 Å². The zero-order valence-electron chi connectivity index (χ0n) is 15.9. The van der Waals surface area contributed by atoms with E-state index in [4.69, 9.17) is 4.74 Å². The maximum atomic E-state index is 12.5. The molecule has 1 saturated heterocycles. The number of amides is 1. The number of pyridine rings is 1. The van der Waals surface area contributed by atoms with E-state index in [0.717, 1.165) is 36.8 Å². The first-order chi connectivity index (χ1) is 13.7. The Morgan fingerprint density at radius 1 is 1.04 bits per heavy atom. The molecule has 0 bridgehead atoms. The van der Waals surface area contributed by atoms with Crippen LogP contribution in [0.3, 0.4) is 0 Å². The Morgan fingerprint density at radius 3 is 2.54 bits per heavy atom. The van der Waals surface area contributed by atoms with E-state index in [9.17, 15) is 4.79 Å². The van der Waals surface area contributed by atoms with E-state index in [1.54, 1.807) is 18.6 Å². The van der Waals surface area contributed by atoms with Gasteiger partial charge in [-0.25, -0.2) is 4.79 Å². The van der Waals surface area contributed by atoms with Gasteiger partial charge in [0.15, 0.2) is 0 Å². The summed E-state index contributed by atoms with van der Waals surface area (Å²) in [5.41, 5.74) is 2.04. The van der Waals surface area contributed by atoms with Crippen molar-refractivity contribution in [1.29, 1.82) is 0 Å². The molecule has 1 fully saturated rings. The minimum absolute atomic E-state index is 0.0551. The quantitative estimate of drug-likeness (QED) is 0.699. The molecular weight excluding hydrogens is 354 g/mol. The fourth-order valence-electron chi connectivity index (χ4n) is 3.27. The number of carbonyl (C=O) groups is 1. The Kier molecular flexibility index (Phi) is 5.34. The second kappa shape index (κ2) is 8.22. The summed E-state index contributed by atoms with van der Waals surface area (Å²) in [6, 6.07) is 13.6. The normalized spacial score (nSPS) is 14.8. The third-order valence-electron chi connectivity index (χ3n) is 4.75. The molecule has 0 unspecified atom stereocenters. The van der Waals surface area contributed by atoms with Crippen molar-refractivity contribution in [2.75, 3.05) is 26.2 Å². The highest BCUT2D eigenvalue weighted by atomic mass is 16.5. The van der Waals surface area contributed by atoms with Gasteiger partial charge >= 0.3 is 6.03 Å². The molecule has 1 amide bonds. The number of aromatic nitrogens is 3. The van der Waals surface area contributed by atoms with Gasteiger partial charge in [0.2, 0.25) is 0 Å². The van der Waals surface area contributed by atoms with Gasteiger partial charge in [-0.2, -0.15) is 9.78 Å². The van der Waals surface area contributed by atoms with Gasteiger partial charge in [-0.1, -0.05) is 12.1 Å². The Labute approximate surface area is 164 Å². The lowest BCUT2D eigenvalue weighted by Gasteiger charge is -2.34. The van der Waals surface area contributed by atoms with Crippen LogP contribution in [0.15, 0.2) is 61.1 Å². The first kappa shape index (κ1) is 18.2. The topological polar surface area (TPSA) is 63.5 Å². The largest absolute Gasteiger partial charge is 0.457 e. The highest BCUT2D eigenvalue weighted by Crippen LogP contribution is 2.22. The number of piperazine rings is 1. The number of rotatable bonds is 4. The van der Waals surface area contributed by atoms with E-state index in [1.165, 1.54) is 10.2 Å². The van der Waals surface area contributed by atoms with Gasteiger partial charge in [0.1, 0.15) is 11.5 Å². The first-order valence-corrected chi connectivity index (χ1v) is 9.38. The molecule has 0 radical (unpaired) electrons. The highest BCUT2D eigenvalue weighted by Gasteiger charge is 2.22. The van der Waals surface area contributed by atoms with Crippen molar-refractivity contribution in [3.63, 3.8) is 0 Å².